The van der Waals surface area contributed by atoms with Gasteiger partial charge < -0.3 is 14.5 Å². The number of aromatic nitrogens is 2. The molecule has 1 atom stereocenters. The van der Waals surface area contributed by atoms with Crippen molar-refractivity contribution in [1.29, 1.82) is 0 Å². The molecule has 114 valence electrons. The summed E-state index contributed by atoms with van der Waals surface area (Å²) in [5.74, 6) is 1.87. The first-order chi connectivity index (χ1) is 10.2. The second-order valence-electron chi connectivity index (χ2n) is 5.06. The SMILES string of the molecule is CCCNC(CC)c1nnc(-c2cc(C)ccc2OC)o1. The molecule has 2 rings (SSSR count). The molecule has 1 aromatic carbocycles. The summed E-state index contributed by atoms with van der Waals surface area (Å²) in [6.45, 7) is 7.20. The molecule has 0 fully saturated rings. The molecule has 0 bridgehead atoms. The molecule has 21 heavy (non-hydrogen) atoms. The molecule has 0 aliphatic carbocycles. The molecule has 0 saturated carbocycles. The smallest absolute Gasteiger partial charge is 0.251 e. The highest BCUT2D eigenvalue weighted by Gasteiger charge is 2.19. The van der Waals surface area contributed by atoms with Crippen LogP contribution in [0.2, 0.25) is 0 Å². The summed E-state index contributed by atoms with van der Waals surface area (Å²) in [7, 11) is 1.64. The molecule has 0 amide bonds. The summed E-state index contributed by atoms with van der Waals surface area (Å²) in [6, 6.07) is 6.01. The molecule has 0 aliphatic heterocycles. The highest BCUT2D eigenvalue weighted by Crippen LogP contribution is 2.31. The van der Waals surface area contributed by atoms with Crippen LogP contribution in [0.5, 0.6) is 5.75 Å². The third-order valence-electron chi connectivity index (χ3n) is 3.37. The summed E-state index contributed by atoms with van der Waals surface area (Å²) < 4.78 is 11.2. The lowest BCUT2D eigenvalue weighted by Crippen LogP contribution is -2.21. The maximum Gasteiger partial charge on any atom is 0.251 e. The lowest BCUT2D eigenvalue weighted by molar-refractivity contribution is 0.391. The minimum atomic E-state index is 0.0991. The molecule has 2 aromatic rings. The van der Waals surface area contributed by atoms with Gasteiger partial charge in [-0.15, -0.1) is 10.2 Å². The number of benzene rings is 1. The van der Waals surface area contributed by atoms with Gasteiger partial charge in [-0.25, -0.2) is 0 Å². The Hall–Kier alpha value is -1.88. The topological polar surface area (TPSA) is 60.2 Å². The molecule has 5 nitrogen and oxygen atoms in total. The van der Waals surface area contributed by atoms with Gasteiger partial charge in [0.2, 0.25) is 5.89 Å². The van der Waals surface area contributed by atoms with E-state index in [0.29, 0.717) is 11.8 Å². The summed E-state index contributed by atoms with van der Waals surface area (Å²) >= 11 is 0. The Kier molecular flexibility index (Phi) is 5.33. The Labute approximate surface area is 125 Å². The molecule has 1 heterocycles. The van der Waals surface area contributed by atoms with Crippen molar-refractivity contribution in [3.63, 3.8) is 0 Å². The van der Waals surface area contributed by atoms with Crippen LogP contribution in [-0.4, -0.2) is 23.9 Å². The molecule has 0 radical (unpaired) electrons. The van der Waals surface area contributed by atoms with Crippen LogP contribution in [0.15, 0.2) is 22.6 Å². The van der Waals surface area contributed by atoms with Gasteiger partial charge in [-0.3, -0.25) is 0 Å². The Morgan fingerprint density at radius 1 is 1.29 bits per heavy atom. The largest absolute Gasteiger partial charge is 0.496 e. The van der Waals surface area contributed by atoms with Crippen LogP contribution < -0.4 is 10.1 Å². The maximum atomic E-state index is 5.85. The van der Waals surface area contributed by atoms with E-state index < -0.39 is 0 Å². The monoisotopic (exact) mass is 289 g/mol. The van der Waals surface area contributed by atoms with Gasteiger partial charge in [-0.1, -0.05) is 25.5 Å². The zero-order valence-corrected chi connectivity index (χ0v) is 13.1. The van der Waals surface area contributed by atoms with Crippen LogP contribution in [0.4, 0.5) is 0 Å². The zero-order chi connectivity index (χ0) is 15.2. The van der Waals surface area contributed by atoms with E-state index in [-0.39, 0.29) is 6.04 Å². The summed E-state index contributed by atoms with van der Waals surface area (Å²) in [6.07, 6.45) is 1.98. The first-order valence-electron chi connectivity index (χ1n) is 7.41. The van der Waals surface area contributed by atoms with Crippen molar-refractivity contribution in [2.24, 2.45) is 0 Å². The minimum absolute atomic E-state index is 0.0991. The van der Waals surface area contributed by atoms with Gasteiger partial charge in [0.1, 0.15) is 5.75 Å². The lowest BCUT2D eigenvalue weighted by Gasteiger charge is -2.11. The third-order valence-corrected chi connectivity index (χ3v) is 3.37. The quantitative estimate of drug-likeness (QED) is 0.845. The van der Waals surface area contributed by atoms with Crippen LogP contribution in [0, 0.1) is 6.92 Å². The molecular weight excluding hydrogens is 266 g/mol. The predicted octanol–water partition coefficient (Wildman–Crippen LogP) is 3.50. The van der Waals surface area contributed by atoms with Gasteiger partial charge in [0.15, 0.2) is 0 Å². The number of aryl methyl sites for hydroxylation is 1. The van der Waals surface area contributed by atoms with Gasteiger partial charge >= 0.3 is 0 Å². The Bertz CT molecular complexity index is 581. The van der Waals surface area contributed by atoms with Crippen LogP contribution in [-0.2, 0) is 0 Å². The fourth-order valence-electron chi connectivity index (χ4n) is 2.20. The Morgan fingerprint density at radius 3 is 2.76 bits per heavy atom. The lowest BCUT2D eigenvalue weighted by atomic mass is 10.1. The standard InChI is InChI=1S/C16H23N3O2/c1-5-9-17-13(6-2)16-19-18-15(21-16)12-10-11(3)7-8-14(12)20-4/h7-8,10,13,17H,5-6,9H2,1-4H3. The molecule has 5 heteroatoms. The highest BCUT2D eigenvalue weighted by atomic mass is 16.5. The molecule has 0 aliphatic rings. The number of ether oxygens (including phenoxy) is 1. The van der Waals surface area contributed by atoms with Crippen molar-refractivity contribution >= 4 is 0 Å². The van der Waals surface area contributed by atoms with E-state index in [4.69, 9.17) is 9.15 Å². The minimum Gasteiger partial charge on any atom is -0.496 e. The van der Waals surface area contributed by atoms with Crippen molar-refractivity contribution in [3.8, 4) is 17.2 Å². The molecule has 1 N–H and O–H groups in total. The van der Waals surface area contributed by atoms with Gasteiger partial charge in [0.05, 0.1) is 18.7 Å². The molecular formula is C16H23N3O2. The van der Waals surface area contributed by atoms with E-state index in [1.807, 2.05) is 25.1 Å². The first-order valence-corrected chi connectivity index (χ1v) is 7.41. The van der Waals surface area contributed by atoms with Crippen molar-refractivity contribution < 1.29 is 9.15 Å². The molecule has 1 aromatic heterocycles. The maximum absolute atomic E-state index is 5.85. The van der Waals surface area contributed by atoms with Gasteiger partial charge in [0.25, 0.3) is 5.89 Å². The predicted molar refractivity (Wildman–Crippen MR) is 82.3 cm³/mol. The van der Waals surface area contributed by atoms with E-state index >= 15 is 0 Å². The van der Waals surface area contributed by atoms with Crippen LogP contribution >= 0.6 is 0 Å². The van der Waals surface area contributed by atoms with E-state index in [1.54, 1.807) is 7.11 Å². The average molecular weight is 289 g/mol. The second kappa shape index (κ2) is 7.22. The molecule has 1 unspecified atom stereocenters. The van der Waals surface area contributed by atoms with Crippen LogP contribution in [0.25, 0.3) is 11.5 Å². The Morgan fingerprint density at radius 2 is 2.10 bits per heavy atom. The number of methoxy groups -OCH3 is 1. The highest BCUT2D eigenvalue weighted by molar-refractivity contribution is 5.63. The van der Waals surface area contributed by atoms with E-state index in [1.165, 1.54) is 0 Å². The van der Waals surface area contributed by atoms with Crippen molar-refractivity contribution in [2.75, 3.05) is 13.7 Å². The van der Waals surface area contributed by atoms with Crippen LogP contribution in [0.3, 0.4) is 0 Å². The van der Waals surface area contributed by atoms with Gasteiger partial charge in [0, 0.05) is 0 Å². The Balaban J connectivity index is 2.28. The van der Waals surface area contributed by atoms with Crippen molar-refractivity contribution in [1.82, 2.24) is 15.5 Å². The van der Waals surface area contributed by atoms with E-state index in [0.717, 1.165) is 36.3 Å². The fourth-order valence-corrected chi connectivity index (χ4v) is 2.20. The average Bonchev–Trinajstić information content (AvgIpc) is 2.97. The number of rotatable bonds is 7. The second-order valence-corrected chi connectivity index (χ2v) is 5.06. The summed E-state index contributed by atoms with van der Waals surface area (Å²) in [5, 5.41) is 11.8. The first kappa shape index (κ1) is 15.5. The van der Waals surface area contributed by atoms with E-state index in [2.05, 4.69) is 29.4 Å². The van der Waals surface area contributed by atoms with Crippen LogP contribution in [0.1, 0.15) is 44.2 Å². The van der Waals surface area contributed by atoms with E-state index in [9.17, 15) is 0 Å². The molecule has 0 saturated heterocycles. The zero-order valence-electron chi connectivity index (χ0n) is 13.1. The summed E-state index contributed by atoms with van der Waals surface area (Å²) in [5.41, 5.74) is 1.96. The summed E-state index contributed by atoms with van der Waals surface area (Å²) in [4.78, 5) is 0. The third kappa shape index (κ3) is 3.61. The number of hydrogen-bond donors (Lipinski definition) is 1. The van der Waals surface area contributed by atoms with Gasteiger partial charge in [-0.2, -0.15) is 0 Å². The number of nitrogens with one attached hydrogen (secondary N) is 1. The van der Waals surface area contributed by atoms with Crippen molar-refractivity contribution in [2.45, 2.75) is 39.7 Å². The molecule has 0 spiro atoms. The fraction of sp³-hybridized carbons (Fsp3) is 0.500. The van der Waals surface area contributed by atoms with Crippen molar-refractivity contribution in [3.05, 3.63) is 29.7 Å². The van der Waals surface area contributed by atoms with Gasteiger partial charge in [-0.05, 0) is 38.4 Å². The number of nitrogens with zero attached hydrogens (tertiary/aromatic N) is 2. The normalized spacial score (nSPS) is 12.4. The number of hydrogen-bond acceptors (Lipinski definition) is 5.